The predicted molar refractivity (Wildman–Crippen MR) is 88.8 cm³/mol. The maximum Gasteiger partial charge on any atom is 0.191 e. The molecule has 0 radical (unpaired) electrons. The van der Waals surface area contributed by atoms with Crippen LogP contribution in [0, 0.1) is 11.2 Å². The van der Waals surface area contributed by atoms with Gasteiger partial charge in [-0.05, 0) is 37.5 Å². The minimum Gasteiger partial charge on any atom is -0.396 e. The number of guanidine groups is 1. The van der Waals surface area contributed by atoms with Crippen LogP contribution in [-0.2, 0) is 11.3 Å². The fraction of sp³-hybridized carbons (Fsp3) is 0.588. The summed E-state index contributed by atoms with van der Waals surface area (Å²) in [6.07, 6.45) is 1.65. The standard InChI is InChI=1S/C17H26FN3O2/c1-2-19-16(20-11-14-4-3-5-15(18)10-14)21-12-17(6-8-22)7-9-23-13-17/h3-5,10,22H,2,6-9,11-13H2,1H3,(H2,19,20,21). The van der Waals surface area contributed by atoms with E-state index in [1.807, 2.05) is 13.0 Å². The molecule has 3 N–H and O–H groups in total. The highest BCUT2D eigenvalue weighted by Crippen LogP contribution is 2.31. The summed E-state index contributed by atoms with van der Waals surface area (Å²) in [5.41, 5.74) is 0.792. The maximum absolute atomic E-state index is 13.2. The van der Waals surface area contributed by atoms with E-state index in [1.54, 1.807) is 6.07 Å². The van der Waals surface area contributed by atoms with Gasteiger partial charge in [0.1, 0.15) is 5.82 Å². The van der Waals surface area contributed by atoms with Crippen molar-refractivity contribution in [2.45, 2.75) is 26.3 Å². The molecule has 128 valence electrons. The van der Waals surface area contributed by atoms with E-state index < -0.39 is 0 Å². The summed E-state index contributed by atoms with van der Waals surface area (Å²) in [5.74, 6) is 0.446. The van der Waals surface area contributed by atoms with Crippen LogP contribution in [-0.4, -0.2) is 44.0 Å². The Bertz CT molecular complexity index is 516. The second kappa shape index (κ2) is 8.84. The molecule has 23 heavy (non-hydrogen) atoms. The number of halogens is 1. The van der Waals surface area contributed by atoms with Crippen LogP contribution in [0.3, 0.4) is 0 Å². The molecule has 0 amide bonds. The van der Waals surface area contributed by atoms with Gasteiger partial charge in [0.25, 0.3) is 0 Å². The third-order valence-electron chi connectivity index (χ3n) is 4.11. The molecule has 0 aromatic heterocycles. The number of benzene rings is 1. The third-order valence-corrected chi connectivity index (χ3v) is 4.11. The highest BCUT2D eigenvalue weighted by Gasteiger charge is 2.34. The van der Waals surface area contributed by atoms with Crippen molar-refractivity contribution in [3.05, 3.63) is 35.6 Å². The normalized spacial score (nSPS) is 21.4. The molecule has 5 nitrogen and oxygen atoms in total. The van der Waals surface area contributed by atoms with Gasteiger partial charge in [0, 0.05) is 31.7 Å². The first-order chi connectivity index (χ1) is 11.2. The third kappa shape index (κ3) is 5.48. The van der Waals surface area contributed by atoms with Crippen LogP contribution in [0.5, 0.6) is 0 Å². The van der Waals surface area contributed by atoms with Crippen LogP contribution in [0.1, 0.15) is 25.3 Å². The van der Waals surface area contributed by atoms with Crippen molar-refractivity contribution in [2.24, 2.45) is 10.4 Å². The average Bonchev–Trinajstić information content (AvgIpc) is 2.99. The quantitative estimate of drug-likeness (QED) is 0.527. The molecule has 1 aromatic rings. The zero-order chi connectivity index (χ0) is 16.5. The van der Waals surface area contributed by atoms with E-state index in [4.69, 9.17) is 4.74 Å². The Hall–Kier alpha value is -1.66. The van der Waals surface area contributed by atoms with Crippen LogP contribution in [0.4, 0.5) is 4.39 Å². The van der Waals surface area contributed by atoms with Crippen LogP contribution < -0.4 is 10.6 Å². The zero-order valence-corrected chi connectivity index (χ0v) is 13.6. The fourth-order valence-corrected chi connectivity index (χ4v) is 2.73. The van der Waals surface area contributed by atoms with Gasteiger partial charge < -0.3 is 20.5 Å². The smallest absolute Gasteiger partial charge is 0.191 e. The molecule has 0 saturated carbocycles. The monoisotopic (exact) mass is 323 g/mol. The molecule has 0 aliphatic carbocycles. The second-order valence-electron chi connectivity index (χ2n) is 5.95. The molecule has 2 rings (SSSR count). The molecule has 1 aromatic carbocycles. The Balaban J connectivity index is 1.96. The molecule has 1 unspecified atom stereocenters. The lowest BCUT2D eigenvalue weighted by molar-refractivity contribution is 0.127. The molecular formula is C17H26FN3O2. The van der Waals surface area contributed by atoms with Gasteiger partial charge in [-0.1, -0.05) is 12.1 Å². The Kier molecular flexibility index (Phi) is 6.80. The highest BCUT2D eigenvalue weighted by atomic mass is 19.1. The van der Waals surface area contributed by atoms with Gasteiger partial charge >= 0.3 is 0 Å². The first-order valence-corrected chi connectivity index (χ1v) is 8.13. The Morgan fingerprint density at radius 3 is 2.96 bits per heavy atom. The van der Waals surface area contributed by atoms with Crippen LogP contribution in [0.25, 0.3) is 0 Å². The molecule has 6 heteroatoms. The summed E-state index contributed by atoms with van der Waals surface area (Å²) in [7, 11) is 0. The van der Waals surface area contributed by atoms with E-state index in [-0.39, 0.29) is 17.8 Å². The summed E-state index contributed by atoms with van der Waals surface area (Å²) in [4.78, 5) is 4.50. The van der Waals surface area contributed by atoms with Crippen molar-refractivity contribution in [3.8, 4) is 0 Å². The second-order valence-corrected chi connectivity index (χ2v) is 5.95. The summed E-state index contributed by atoms with van der Waals surface area (Å²) in [5, 5.41) is 15.8. The largest absolute Gasteiger partial charge is 0.396 e. The highest BCUT2D eigenvalue weighted by molar-refractivity contribution is 5.79. The number of rotatable bonds is 7. The van der Waals surface area contributed by atoms with Crippen molar-refractivity contribution >= 4 is 5.96 Å². The van der Waals surface area contributed by atoms with Crippen molar-refractivity contribution in [1.29, 1.82) is 0 Å². The lowest BCUT2D eigenvalue weighted by Crippen LogP contribution is -2.44. The van der Waals surface area contributed by atoms with E-state index >= 15 is 0 Å². The summed E-state index contributed by atoms with van der Waals surface area (Å²) in [6.45, 7) is 5.41. The van der Waals surface area contributed by atoms with Gasteiger partial charge in [-0.2, -0.15) is 0 Å². The summed E-state index contributed by atoms with van der Waals surface area (Å²) < 4.78 is 18.7. The number of ether oxygens (including phenoxy) is 1. The molecule has 0 spiro atoms. The molecule has 1 aliphatic rings. The number of aliphatic hydroxyl groups is 1. The number of hydrogen-bond acceptors (Lipinski definition) is 3. The summed E-state index contributed by atoms with van der Waals surface area (Å²) >= 11 is 0. The number of nitrogens with zero attached hydrogens (tertiary/aromatic N) is 1. The topological polar surface area (TPSA) is 65.9 Å². The Labute approximate surface area is 137 Å². The average molecular weight is 323 g/mol. The minimum absolute atomic E-state index is 0.0379. The Morgan fingerprint density at radius 1 is 1.43 bits per heavy atom. The first kappa shape index (κ1) is 17.7. The van der Waals surface area contributed by atoms with Crippen LogP contribution in [0.15, 0.2) is 29.3 Å². The molecule has 1 heterocycles. The van der Waals surface area contributed by atoms with Crippen molar-refractivity contribution < 1.29 is 14.2 Å². The fourth-order valence-electron chi connectivity index (χ4n) is 2.73. The zero-order valence-electron chi connectivity index (χ0n) is 13.6. The number of aliphatic imine (C=N–C) groups is 1. The SMILES string of the molecule is CCNC(=NCc1cccc(F)c1)NCC1(CCO)CCOC1. The molecule has 1 atom stereocenters. The van der Waals surface area contributed by atoms with Gasteiger partial charge in [-0.25, -0.2) is 9.38 Å². The van der Waals surface area contributed by atoms with E-state index in [0.29, 0.717) is 32.1 Å². The van der Waals surface area contributed by atoms with Crippen molar-refractivity contribution in [3.63, 3.8) is 0 Å². The van der Waals surface area contributed by atoms with Gasteiger partial charge in [0.05, 0.1) is 13.2 Å². The number of aliphatic hydroxyl groups excluding tert-OH is 1. The molecular weight excluding hydrogens is 297 g/mol. The molecule has 1 fully saturated rings. The van der Waals surface area contributed by atoms with Crippen molar-refractivity contribution in [1.82, 2.24) is 10.6 Å². The molecule has 1 aliphatic heterocycles. The lowest BCUT2D eigenvalue weighted by atomic mass is 9.84. The molecule has 1 saturated heterocycles. The molecule has 0 bridgehead atoms. The van der Waals surface area contributed by atoms with Crippen LogP contribution in [0.2, 0.25) is 0 Å². The van der Waals surface area contributed by atoms with E-state index in [2.05, 4.69) is 15.6 Å². The van der Waals surface area contributed by atoms with Crippen molar-refractivity contribution in [2.75, 3.05) is 32.9 Å². The van der Waals surface area contributed by atoms with Gasteiger partial charge in [-0.3, -0.25) is 0 Å². The summed E-state index contributed by atoms with van der Waals surface area (Å²) in [6, 6.07) is 6.46. The van der Waals surface area contributed by atoms with Gasteiger partial charge in [0.2, 0.25) is 0 Å². The minimum atomic E-state index is -0.249. The van der Waals surface area contributed by atoms with Gasteiger partial charge in [0.15, 0.2) is 5.96 Å². The van der Waals surface area contributed by atoms with E-state index in [9.17, 15) is 9.50 Å². The van der Waals surface area contributed by atoms with E-state index in [0.717, 1.165) is 25.1 Å². The first-order valence-electron chi connectivity index (χ1n) is 8.13. The number of nitrogens with one attached hydrogen (secondary N) is 2. The maximum atomic E-state index is 13.2. The predicted octanol–water partition coefficient (Wildman–Crippen LogP) is 1.67. The lowest BCUT2D eigenvalue weighted by Gasteiger charge is -2.27. The van der Waals surface area contributed by atoms with Gasteiger partial charge in [-0.15, -0.1) is 0 Å². The van der Waals surface area contributed by atoms with E-state index in [1.165, 1.54) is 12.1 Å². The Morgan fingerprint density at radius 2 is 2.30 bits per heavy atom. The number of hydrogen-bond donors (Lipinski definition) is 3. The van der Waals surface area contributed by atoms with Crippen LogP contribution >= 0.6 is 0 Å².